The summed E-state index contributed by atoms with van der Waals surface area (Å²) in [6.45, 7) is 5.25. The average molecular weight is 454 g/mol. The van der Waals surface area contributed by atoms with Gasteiger partial charge in [-0.25, -0.2) is 4.98 Å². The Morgan fingerprint density at radius 2 is 1.81 bits per heavy atom. The van der Waals surface area contributed by atoms with E-state index in [2.05, 4.69) is 44.4 Å². The number of anilines is 4. The molecule has 168 valence electrons. The fourth-order valence-electron chi connectivity index (χ4n) is 4.03. The van der Waals surface area contributed by atoms with E-state index < -0.39 is 0 Å². The molecule has 8 nitrogen and oxygen atoms in total. The van der Waals surface area contributed by atoms with Crippen molar-refractivity contribution in [3.05, 3.63) is 53.4 Å². The van der Waals surface area contributed by atoms with Gasteiger partial charge in [0.1, 0.15) is 12.4 Å². The lowest BCUT2D eigenvalue weighted by Gasteiger charge is -2.35. The zero-order chi connectivity index (χ0) is 21.9. The molecule has 9 heteroatoms. The van der Waals surface area contributed by atoms with Gasteiger partial charge in [-0.05, 0) is 36.4 Å². The molecule has 0 aliphatic carbocycles. The van der Waals surface area contributed by atoms with Crippen molar-refractivity contribution >= 4 is 33.7 Å². The third-order valence-electron chi connectivity index (χ3n) is 5.75. The first-order valence-corrected chi connectivity index (χ1v) is 11.6. The molecule has 4 N–H and O–H groups in total. The second-order valence-electron chi connectivity index (χ2n) is 7.86. The molecule has 1 saturated heterocycles. The van der Waals surface area contributed by atoms with Crippen molar-refractivity contribution in [2.45, 2.75) is 6.10 Å². The number of piperazine rings is 1. The highest BCUT2D eigenvalue weighted by atomic mass is 32.1. The van der Waals surface area contributed by atoms with Crippen LogP contribution in [0.25, 0.3) is 0 Å². The van der Waals surface area contributed by atoms with E-state index in [-0.39, 0.29) is 12.7 Å². The SMILES string of the molecule is Nc1nc(Nc2ccc(N3CCN(CCO)CC3)cc2)sc1C1COc2ccccc2O1. The number of benzene rings is 2. The maximum atomic E-state index is 9.10. The Labute approximate surface area is 191 Å². The Balaban J connectivity index is 1.22. The molecule has 1 fully saturated rings. The second-order valence-corrected chi connectivity index (χ2v) is 8.89. The third kappa shape index (κ3) is 4.45. The van der Waals surface area contributed by atoms with E-state index in [1.165, 1.54) is 17.0 Å². The van der Waals surface area contributed by atoms with Gasteiger partial charge < -0.3 is 30.5 Å². The number of nitrogens with one attached hydrogen (secondary N) is 1. The molecule has 0 radical (unpaired) electrons. The van der Waals surface area contributed by atoms with E-state index in [1.807, 2.05) is 24.3 Å². The predicted octanol–water partition coefficient (Wildman–Crippen LogP) is 3.10. The summed E-state index contributed by atoms with van der Waals surface area (Å²) in [5.41, 5.74) is 8.35. The van der Waals surface area contributed by atoms with E-state index in [1.54, 1.807) is 0 Å². The number of para-hydroxylation sites is 2. The molecule has 3 heterocycles. The summed E-state index contributed by atoms with van der Waals surface area (Å²) in [5, 5.41) is 13.2. The van der Waals surface area contributed by atoms with Gasteiger partial charge in [0.15, 0.2) is 22.7 Å². The first-order valence-electron chi connectivity index (χ1n) is 10.8. The van der Waals surface area contributed by atoms with Crippen LogP contribution in [0.15, 0.2) is 48.5 Å². The topological polar surface area (TPSA) is 96.1 Å². The van der Waals surface area contributed by atoms with Crippen molar-refractivity contribution in [3.63, 3.8) is 0 Å². The maximum absolute atomic E-state index is 9.10. The normalized spacial score (nSPS) is 18.5. The summed E-state index contributed by atoms with van der Waals surface area (Å²) >= 11 is 1.48. The van der Waals surface area contributed by atoms with Gasteiger partial charge in [-0.3, -0.25) is 4.90 Å². The van der Waals surface area contributed by atoms with Gasteiger partial charge in [0.05, 0.1) is 11.5 Å². The lowest BCUT2D eigenvalue weighted by molar-refractivity contribution is 0.0941. The van der Waals surface area contributed by atoms with Crippen molar-refractivity contribution in [3.8, 4) is 11.5 Å². The van der Waals surface area contributed by atoms with Crippen LogP contribution in [-0.2, 0) is 0 Å². The number of thiazole rings is 1. The highest BCUT2D eigenvalue weighted by Crippen LogP contribution is 2.40. The summed E-state index contributed by atoms with van der Waals surface area (Å²) in [6.07, 6.45) is -0.273. The van der Waals surface area contributed by atoms with Crippen molar-refractivity contribution in [1.29, 1.82) is 0 Å². The van der Waals surface area contributed by atoms with E-state index in [4.69, 9.17) is 20.3 Å². The number of ether oxygens (including phenoxy) is 2. The lowest BCUT2D eigenvalue weighted by Crippen LogP contribution is -2.47. The van der Waals surface area contributed by atoms with Gasteiger partial charge in [0.2, 0.25) is 0 Å². The number of nitrogens with zero attached hydrogens (tertiary/aromatic N) is 3. The Bertz CT molecular complexity index is 1050. The molecule has 2 aliphatic rings. The molecule has 0 amide bonds. The molecule has 0 saturated carbocycles. The molecular formula is C23H27N5O3S. The van der Waals surface area contributed by atoms with Crippen LogP contribution < -0.4 is 25.4 Å². The Morgan fingerprint density at radius 3 is 2.56 bits per heavy atom. The Kier molecular flexibility index (Phi) is 6.02. The standard InChI is InChI=1S/C23H27N5O3S/c24-22-21(20-15-30-18-3-1-2-4-19(18)31-20)32-23(26-22)25-16-5-7-17(8-6-16)28-11-9-27(10-12-28)13-14-29/h1-8,20,29H,9-15,24H2,(H,25,26). The Hall–Kier alpha value is -3.01. The summed E-state index contributed by atoms with van der Waals surface area (Å²) in [4.78, 5) is 10.0. The van der Waals surface area contributed by atoms with Gasteiger partial charge in [-0.15, -0.1) is 0 Å². The van der Waals surface area contributed by atoms with Gasteiger partial charge in [-0.2, -0.15) is 0 Å². The minimum Gasteiger partial charge on any atom is -0.485 e. The first-order chi connectivity index (χ1) is 15.7. The summed E-state index contributed by atoms with van der Waals surface area (Å²) < 4.78 is 11.9. The molecule has 2 aromatic carbocycles. The minimum atomic E-state index is -0.273. The summed E-state index contributed by atoms with van der Waals surface area (Å²) in [5.74, 6) is 1.93. The molecule has 32 heavy (non-hydrogen) atoms. The number of aromatic nitrogens is 1. The molecule has 2 aliphatic heterocycles. The highest BCUT2D eigenvalue weighted by Gasteiger charge is 2.27. The van der Waals surface area contributed by atoms with Crippen molar-refractivity contribution in [2.24, 2.45) is 0 Å². The average Bonchev–Trinajstić information content (AvgIpc) is 3.20. The molecule has 1 unspecified atom stereocenters. The van der Waals surface area contributed by atoms with Crippen LogP contribution in [0.3, 0.4) is 0 Å². The van der Waals surface area contributed by atoms with Crippen molar-refractivity contribution < 1.29 is 14.6 Å². The molecule has 0 bridgehead atoms. The number of fused-ring (bicyclic) bond motifs is 1. The Morgan fingerprint density at radius 1 is 1.06 bits per heavy atom. The number of nitrogen functional groups attached to an aromatic ring is 1. The van der Waals surface area contributed by atoms with Crippen LogP contribution in [0.4, 0.5) is 22.3 Å². The van der Waals surface area contributed by atoms with Crippen LogP contribution in [0, 0.1) is 0 Å². The van der Waals surface area contributed by atoms with Crippen LogP contribution in [0.1, 0.15) is 11.0 Å². The minimum absolute atomic E-state index is 0.219. The van der Waals surface area contributed by atoms with Gasteiger partial charge in [0, 0.05) is 44.1 Å². The first kappa shape index (κ1) is 20.9. The van der Waals surface area contributed by atoms with E-state index in [0.29, 0.717) is 12.4 Å². The van der Waals surface area contributed by atoms with Crippen LogP contribution in [-0.4, -0.2) is 60.9 Å². The number of rotatable bonds is 6. The van der Waals surface area contributed by atoms with Gasteiger partial charge >= 0.3 is 0 Å². The summed E-state index contributed by atoms with van der Waals surface area (Å²) in [7, 11) is 0. The number of hydrogen-bond donors (Lipinski definition) is 3. The quantitative estimate of drug-likeness (QED) is 0.524. The number of aliphatic hydroxyl groups excluding tert-OH is 1. The highest BCUT2D eigenvalue weighted by molar-refractivity contribution is 7.16. The van der Waals surface area contributed by atoms with Crippen molar-refractivity contribution in [1.82, 2.24) is 9.88 Å². The fourth-order valence-corrected chi connectivity index (χ4v) is 4.95. The number of hydrogen-bond acceptors (Lipinski definition) is 9. The largest absolute Gasteiger partial charge is 0.485 e. The monoisotopic (exact) mass is 453 g/mol. The van der Waals surface area contributed by atoms with E-state index in [0.717, 1.165) is 59.9 Å². The van der Waals surface area contributed by atoms with E-state index in [9.17, 15) is 0 Å². The lowest BCUT2D eigenvalue weighted by atomic mass is 10.2. The van der Waals surface area contributed by atoms with Crippen LogP contribution in [0.2, 0.25) is 0 Å². The van der Waals surface area contributed by atoms with Gasteiger partial charge in [0.25, 0.3) is 0 Å². The molecule has 0 spiro atoms. The van der Waals surface area contributed by atoms with Gasteiger partial charge in [-0.1, -0.05) is 23.5 Å². The third-order valence-corrected chi connectivity index (χ3v) is 6.83. The fraction of sp³-hybridized carbons (Fsp3) is 0.348. The van der Waals surface area contributed by atoms with Crippen LogP contribution >= 0.6 is 11.3 Å². The number of aliphatic hydroxyl groups is 1. The number of nitrogens with two attached hydrogens (primary N) is 1. The molecule has 3 aromatic rings. The predicted molar refractivity (Wildman–Crippen MR) is 127 cm³/mol. The number of β-amino-alcohol motifs (C(OH)–C–C–N with tert-alkyl or cyclic N) is 1. The molecule has 5 rings (SSSR count). The zero-order valence-corrected chi connectivity index (χ0v) is 18.6. The maximum Gasteiger partial charge on any atom is 0.189 e. The molecule has 1 atom stereocenters. The zero-order valence-electron chi connectivity index (χ0n) is 17.7. The van der Waals surface area contributed by atoms with Crippen LogP contribution in [0.5, 0.6) is 11.5 Å². The van der Waals surface area contributed by atoms with E-state index >= 15 is 0 Å². The summed E-state index contributed by atoms with van der Waals surface area (Å²) in [6, 6.07) is 16.0. The molecule has 1 aromatic heterocycles. The van der Waals surface area contributed by atoms with Crippen molar-refractivity contribution in [2.75, 3.05) is 61.9 Å². The smallest absolute Gasteiger partial charge is 0.189 e. The molecular weight excluding hydrogens is 426 g/mol. The second kappa shape index (κ2) is 9.23.